The number of hydrogen-bond donors (Lipinski definition) is 9. The third kappa shape index (κ3) is 13.5. The van der Waals surface area contributed by atoms with Crippen LogP contribution in [0, 0.1) is 0 Å². The molecule has 13 nitrogen and oxygen atoms in total. The molecule has 0 fully saturated rings. The fourth-order valence-corrected chi connectivity index (χ4v) is 4.89. The molecule has 0 bridgehead atoms. The minimum Gasteiger partial charge on any atom is -1.00 e. The van der Waals surface area contributed by atoms with Crippen LogP contribution in [0.4, 0.5) is 0 Å². The summed E-state index contributed by atoms with van der Waals surface area (Å²) in [6, 6.07) is 32.8. The minimum absolute atomic E-state index is 0. The van der Waals surface area contributed by atoms with Crippen LogP contribution in [0.1, 0.15) is 30.3 Å². The zero-order valence-corrected chi connectivity index (χ0v) is 29.4. The van der Waals surface area contributed by atoms with E-state index >= 15 is 0 Å². The van der Waals surface area contributed by atoms with E-state index in [1.807, 2.05) is 0 Å². The standard InChI is InChI=1S/C15H10O4.C14H12O4.C8H8O3.C6H6O2.CH4.H/c16-10-3-1-9(2-4-10)13-8-19-14-7-11(17)5-6-12(14)15(13)18;15-10-3-1-9(2-4-10)7-13(17)12-6-5-11(16)8-14(12)18;9-7-3-1-6(2-4-7)5-8(10)11;7-5-2-1-3-6(8)4-5;;/h1-8,16-17H;1-6,8,15-16,18H,7H2;1-4,9H,5H2,(H,10,11);1-4,7-8H;1H4;/q;;;;;-1/i;;;;;1+1. The monoisotopic (exact) mass is 778 g/mol. The molecule has 0 amide bonds. The Morgan fingerprint density at radius 2 is 0.982 bits per heavy atom. The molecule has 0 aliphatic heterocycles. The fourth-order valence-electron chi connectivity index (χ4n) is 4.89. The van der Waals surface area contributed by atoms with Gasteiger partial charge in [-0.05, 0) is 89.5 Å². The van der Waals surface area contributed by atoms with E-state index in [-0.39, 0.29) is 84.5 Å². The molecular weight excluding hydrogens is 736 g/mol. The number of carbonyl (C=O) groups is 2. The molecule has 6 aromatic carbocycles. The number of benzene rings is 6. The van der Waals surface area contributed by atoms with Gasteiger partial charge in [0.25, 0.3) is 0 Å². The molecule has 1 aromatic heterocycles. The Morgan fingerprint density at radius 1 is 0.526 bits per heavy atom. The second kappa shape index (κ2) is 20.5. The van der Waals surface area contributed by atoms with Gasteiger partial charge in [-0.15, -0.1) is 0 Å². The Labute approximate surface area is 327 Å². The summed E-state index contributed by atoms with van der Waals surface area (Å²) in [6.45, 7) is 0. The van der Waals surface area contributed by atoms with Crippen molar-refractivity contribution in [2.75, 3.05) is 0 Å². The summed E-state index contributed by atoms with van der Waals surface area (Å²) in [6.07, 6.45) is 1.48. The van der Waals surface area contributed by atoms with E-state index in [4.69, 9.17) is 35.1 Å². The van der Waals surface area contributed by atoms with Gasteiger partial charge >= 0.3 is 5.97 Å². The van der Waals surface area contributed by atoms with E-state index in [1.54, 1.807) is 42.5 Å². The first-order chi connectivity index (χ1) is 26.7. The summed E-state index contributed by atoms with van der Waals surface area (Å²) in [5, 5.41) is 81.4. The largest absolute Gasteiger partial charge is 1.00 e. The Morgan fingerprint density at radius 3 is 1.47 bits per heavy atom. The van der Waals surface area contributed by atoms with Crippen LogP contribution >= 0.6 is 0 Å². The Kier molecular flexibility index (Phi) is 15.6. The quantitative estimate of drug-likeness (QED) is 0.0728. The van der Waals surface area contributed by atoms with E-state index in [9.17, 15) is 29.7 Å². The zero-order valence-electron chi connectivity index (χ0n) is 30.4. The summed E-state index contributed by atoms with van der Waals surface area (Å²) in [4.78, 5) is 34.4. The van der Waals surface area contributed by atoms with E-state index in [2.05, 4.69) is 0 Å². The third-order valence-electron chi connectivity index (χ3n) is 7.64. The average Bonchev–Trinajstić information content (AvgIpc) is 3.15. The average molecular weight is 779 g/mol. The maximum absolute atomic E-state index is 12.3. The van der Waals surface area contributed by atoms with Crippen molar-refractivity contribution >= 4 is 22.7 Å². The van der Waals surface area contributed by atoms with Crippen molar-refractivity contribution < 1.29 is 61.4 Å². The molecule has 0 atom stereocenters. The first kappa shape index (κ1) is 43.5. The number of aromatic hydroxyl groups is 8. The number of Topliss-reactive ketones (excluding diaryl/α,β-unsaturated/α-hetero) is 1. The highest BCUT2D eigenvalue weighted by Crippen LogP contribution is 2.25. The number of fused-ring (bicyclic) bond motifs is 1. The van der Waals surface area contributed by atoms with E-state index in [0.29, 0.717) is 27.7 Å². The van der Waals surface area contributed by atoms with Gasteiger partial charge in [-0.25, -0.2) is 0 Å². The van der Waals surface area contributed by atoms with Gasteiger partial charge in [0.1, 0.15) is 57.8 Å². The molecule has 0 saturated heterocycles. The number of aliphatic carboxylic acids is 1. The molecule has 0 spiro atoms. The normalized spacial score (nSPS) is 9.89. The predicted octanol–water partition coefficient (Wildman–Crippen LogP) is 7.97. The number of carbonyl (C=O) groups excluding carboxylic acids is 1. The van der Waals surface area contributed by atoms with Crippen LogP contribution < -0.4 is 5.43 Å². The maximum atomic E-state index is 12.3. The lowest BCUT2D eigenvalue weighted by Gasteiger charge is -2.04. The van der Waals surface area contributed by atoms with Crippen LogP contribution in [0.25, 0.3) is 22.1 Å². The van der Waals surface area contributed by atoms with Crippen LogP contribution in [-0.2, 0) is 17.6 Å². The Hall–Kier alpha value is -7.93. The lowest BCUT2D eigenvalue weighted by Crippen LogP contribution is -2.04. The molecule has 296 valence electrons. The van der Waals surface area contributed by atoms with Crippen molar-refractivity contribution in [2.45, 2.75) is 20.3 Å². The first-order valence-electron chi connectivity index (χ1n) is 16.5. The SMILES string of the molecule is C.O=C(Cc1ccc(O)cc1)c1ccc(O)cc1O.O=C(O)Cc1ccc(O)cc1.O=c1c(-c2ccc(O)cc2)coc2cc(O)ccc12.Oc1cccc(O)c1.[2H-]. The molecule has 7 aromatic rings. The number of carboxylic acid groups (broad SMARTS) is 1. The predicted molar refractivity (Wildman–Crippen MR) is 214 cm³/mol. The van der Waals surface area contributed by atoms with Gasteiger partial charge in [0.05, 0.1) is 22.9 Å². The van der Waals surface area contributed by atoms with Gasteiger partial charge in [-0.1, -0.05) is 49.9 Å². The second-order valence-electron chi connectivity index (χ2n) is 11.9. The Bertz CT molecular complexity index is 2440. The molecule has 1 heterocycles. The van der Waals surface area contributed by atoms with Crippen molar-refractivity contribution in [2.24, 2.45) is 0 Å². The molecule has 0 saturated carbocycles. The molecular formula is C44H41O13-. The van der Waals surface area contributed by atoms with Crippen molar-refractivity contribution in [3.05, 3.63) is 167 Å². The zero-order chi connectivity index (χ0) is 40.8. The molecule has 7 rings (SSSR count). The highest BCUT2D eigenvalue weighted by molar-refractivity contribution is 6.00. The Balaban J connectivity index is 0.000000277. The minimum atomic E-state index is -0.865. The summed E-state index contributed by atoms with van der Waals surface area (Å²) >= 11 is 0. The number of phenolic OH excluding ortho intramolecular Hbond substituents is 8. The number of phenols is 8. The molecule has 0 unspecified atom stereocenters. The molecule has 0 aliphatic carbocycles. The van der Waals surface area contributed by atoms with E-state index in [1.165, 1.54) is 91.2 Å². The highest BCUT2D eigenvalue weighted by atomic mass is 16.4. The van der Waals surface area contributed by atoms with Gasteiger partial charge in [0, 0.05) is 24.6 Å². The molecule has 57 heavy (non-hydrogen) atoms. The lowest BCUT2D eigenvalue weighted by molar-refractivity contribution is -0.136. The summed E-state index contributed by atoms with van der Waals surface area (Å²) in [7, 11) is 0. The van der Waals surface area contributed by atoms with Crippen molar-refractivity contribution in [1.82, 2.24) is 0 Å². The molecule has 13 heteroatoms. The van der Waals surface area contributed by atoms with Crippen LogP contribution in [0.3, 0.4) is 0 Å². The number of rotatable bonds is 6. The van der Waals surface area contributed by atoms with Gasteiger partial charge in [0.15, 0.2) is 11.2 Å². The highest BCUT2D eigenvalue weighted by Gasteiger charge is 2.13. The van der Waals surface area contributed by atoms with Gasteiger partial charge in [-0.2, -0.15) is 0 Å². The second-order valence-corrected chi connectivity index (χ2v) is 11.9. The summed E-state index contributed by atoms with van der Waals surface area (Å²) in [5.41, 5.74) is 2.85. The van der Waals surface area contributed by atoms with Gasteiger partial charge < -0.3 is 51.8 Å². The van der Waals surface area contributed by atoms with E-state index in [0.717, 1.165) is 11.6 Å². The van der Waals surface area contributed by atoms with Gasteiger partial charge in [-0.3, -0.25) is 14.4 Å². The number of ketones is 1. The van der Waals surface area contributed by atoms with Crippen LogP contribution in [0.2, 0.25) is 0 Å². The first-order valence-corrected chi connectivity index (χ1v) is 16.5. The van der Waals surface area contributed by atoms with Crippen molar-refractivity contribution in [1.29, 1.82) is 0 Å². The maximum Gasteiger partial charge on any atom is 0.307 e. The van der Waals surface area contributed by atoms with Crippen molar-refractivity contribution in [3.63, 3.8) is 0 Å². The number of hydrogen-bond acceptors (Lipinski definition) is 12. The smallest absolute Gasteiger partial charge is 0.307 e. The van der Waals surface area contributed by atoms with Gasteiger partial charge in [0.2, 0.25) is 0 Å². The summed E-state index contributed by atoms with van der Waals surface area (Å²) in [5.74, 6) is -0.791. The lowest BCUT2D eigenvalue weighted by atomic mass is 10.0. The molecule has 9 N–H and O–H groups in total. The third-order valence-corrected chi connectivity index (χ3v) is 7.64. The van der Waals surface area contributed by atoms with Crippen LogP contribution in [0.5, 0.6) is 46.0 Å². The molecule has 0 aliphatic rings. The van der Waals surface area contributed by atoms with E-state index < -0.39 is 5.97 Å². The van der Waals surface area contributed by atoms with Crippen LogP contribution in [-0.4, -0.2) is 57.7 Å². The summed E-state index contributed by atoms with van der Waals surface area (Å²) < 4.78 is 5.37. The van der Waals surface area contributed by atoms with Crippen molar-refractivity contribution in [3.8, 4) is 57.1 Å². The molecule has 0 radical (unpaired) electrons. The number of carboxylic acids is 1. The van der Waals surface area contributed by atoms with Crippen LogP contribution in [0.15, 0.2) is 149 Å². The topological polar surface area (TPSA) is 246 Å². The fraction of sp³-hybridized carbons (Fsp3) is 0.0682.